The van der Waals surface area contributed by atoms with Crippen molar-refractivity contribution in [2.75, 3.05) is 0 Å². The fourth-order valence-electron chi connectivity index (χ4n) is 1.40. The number of nitrogens with zero attached hydrogens (tertiary/aromatic N) is 2. The van der Waals surface area contributed by atoms with Crippen molar-refractivity contribution < 1.29 is 13.2 Å². The maximum atomic E-state index is 12.8. The van der Waals surface area contributed by atoms with E-state index in [2.05, 4.69) is 15.2 Å². The van der Waals surface area contributed by atoms with Crippen molar-refractivity contribution in [3.05, 3.63) is 40.9 Å². The summed E-state index contributed by atoms with van der Waals surface area (Å²) >= 11 is 4.82. The number of halogens is 3. The number of alkyl halides is 3. The van der Waals surface area contributed by atoms with Gasteiger partial charge in [0.25, 0.3) is 0 Å². The molecule has 0 amide bonds. The molecule has 17 heavy (non-hydrogen) atoms. The van der Waals surface area contributed by atoms with Gasteiger partial charge >= 0.3 is 6.18 Å². The maximum absolute atomic E-state index is 12.8. The summed E-state index contributed by atoms with van der Waals surface area (Å²) in [6.07, 6.45) is -0.903. The van der Waals surface area contributed by atoms with E-state index in [0.29, 0.717) is 0 Å². The minimum atomic E-state index is -4.43. The van der Waals surface area contributed by atoms with Crippen molar-refractivity contribution in [1.29, 1.82) is 0 Å². The molecular formula is C10H6F3N3S. The molecule has 7 heteroatoms. The third-order valence-electron chi connectivity index (χ3n) is 2.10. The van der Waals surface area contributed by atoms with Gasteiger partial charge in [0.15, 0.2) is 0 Å². The maximum Gasteiger partial charge on any atom is 0.417 e. The molecule has 0 spiro atoms. The van der Waals surface area contributed by atoms with Crippen molar-refractivity contribution in [1.82, 2.24) is 15.2 Å². The Hall–Kier alpha value is -1.76. The van der Waals surface area contributed by atoms with E-state index in [4.69, 9.17) is 12.2 Å². The SMILES string of the molecule is FC(F)(F)c1ccncc1-c1cn[nH]c(=S)c1. The third-order valence-corrected chi connectivity index (χ3v) is 2.31. The van der Waals surface area contributed by atoms with E-state index in [1.807, 2.05) is 0 Å². The topological polar surface area (TPSA) is 41.6 Å². The first-order chi connectivity index (χ1) is 7.98. The lowest BCUT2D eigenvalue weighted by Crippen LogP contribution is -2.07. The molecule has 0 saturated heterocycles. The summed E-state index contributed by atoms with van der Waals surface area (Å²) < 4.78 is 38.5. The molecule has 2 aromatic rings. The molecule has 2 rings (SSSR count). The minimum absolute atomic E-state index is 0.0346. The highest BCUT2D eigenvalue weighted by atomic mass is 32.1. The van der Waals surface area contributed by atoms with Crippen LogP contribution in [0.3, 0.4) is 0 Å². The highest BCUT2D eigenvalue weighted by Crippen LogP contribution is 2.35. The lowest BCUT2D eigenvalue weighted by molar-refractivity contribution is -0.137. The predicted octanol–water partition coefficient (Wildman–Crippen LogP) is 3.22. The van der Waals surface area contributed by atoms with Crippen LogP contribution in [0.15, 0.2) is 30.7 Å². The summed E-state index contributed by atoms with van der Waals surface area (Å²) in [7, 11) is 0. The van der Waals surface area contributed by atoms with Crippen LogP contribution in [-0.2, 0) is 6.18 Å². The van der Waals surface area contributed by atoms with E-state index in [9.17, 15) is 13.2 Å². The Morgan fingerprint density at radius 3 is 2.65 bits per heavy atom. The van der Waals surface area contributed by atoms with Crippen LogP contribution in [0.5, 0.6) is 0 Å². The fourth-order valence-corrected chi connectivity index (χ4v) is 1.57. The molecule has 2 heterocycles. The zero-order valence-corrected chi connectivity index (χ0v) is 9.14. The van der Waals surface area contributed by atoms with Crippen LogP contribution in [0.4, 0.5) is 13.2 Å². The molecule has 2 aromatic heterocycles. The van der Waals surface area contributed by atoms with Crippen LogP contribution in [-0.4, -0.2) is 15.2 Å². The van der Waals surface area contributed by atoms with Gasteiger partial charge in [0.05, 0.1) is 11.8 Å². The number of rotatable bonds is 1. The quantitative estimate of drug-likeness (QED) is 0.797. The zero-order valence-electron chi connectivity index (χ0n) is 8.32. The van der Waals surface area contributed by atoms with E-state index in [0.717, 1.165) is 18.5 Å². The second-order valence-corrected chi connectivity index (χ2v) is 3.69. The largest absolute Gasteiger partial charge is 0.417 e. The van der Waals surface area contributed by atoms with Crippen molar-refractivity contribution >= 4 is 12.2 Å². The first kappa shape index (κ1) is 11.7. The molecular weight excluding hydrogens is 251 g/mol. The summed E-state index contributed by atoms with van der Waals surface area (Å²) in [6.45, 7) is 0. The number of aromatic nitrogens is 3. The normalized spacial score (nSPS) is 11.5. The first-order valence-corrected chi connectivity index (χ1v) is 4.95. The van der Waals surface area contributed by atoms with Crippen molar-refractivity contribution in [2.45, 2.75) is 6.18 Å². The van der Waals surface area contributed by atoms with Gasteiger partial charge in [-0.1, -0.05) is 12.2 Å². The van der Waals surface area contributed by atoms with Crippen molar-refractivity contribution in [2.24, 2.45) is 0 Å². The van der Waals surface area contributed by atoms with E-state index >= 15 is 0 Å². The predicted molar refractivity (Wildman–Crippen MR) is 57.7 cm³/mol. The second kappa shape index (κ2) is 4.25. The molecule has 0 bridgehead atoms. The molecule has 1 N–H and O–H groups in total. The van der Waals surface area contributed by atoms with Gasteiger partial charge in [0.2, 0.25) is 0 Å². The molecule has 0 atom stereocenters. The van der Waals surface area contributed by atoms with Gasteiger partial charge in [0.1, 0.15) is 4.64 Å². The molecule has 0 aromatic carbocycles. The molecule has 0 aliphatic rings. The van der Waals surface area contributed by atoms with Gasteiger partial charge in [-0.3, -0.25) is 10.1 Å². The van der Waals surface area contributed by atoms with Crippen LogP contribution in [0.2, 0.25) is 0 Å². The monoisotopic (exact) mass is 257 g/mol. The zero-order chi connectivity index (χ0) is 12.5. The molecule has 0 saturated carbocycles. The molecule has 0 radical (unpaired) electrons. The molecule has 88 valence electrons. The number of hydrogen-bond donors (Lipinski definition) is 1. The first-order valence-electron chi connectivity index (χ1n) is 4.55. The van der Waals surface area contributed by atoms with Gasteiger partial charge in [-0.05, 0) is 12.1 Å². The van der Waals surface area contributed by atoms with Gasteiger partial charge in [-0.25, -0.2) is 0 Å². The number of hydrogen-bond acceptors (Lipinski definition) is 3. The Morgan fingerprint density at radius 2 is 2.00 bits per heavy atom. The van der Waals surface area contributed by atoms with Gasteiger partial charge in [0, 0.05) is 23.5 Å². The standard InChI is InChI=1S/C10H6F3N3S/c11-10(12,13)8-1-2-14-5-7(8)6-3-9(17)16-15-4-6/h1-5H,(H,16,17). The van der Waals surface area contributed by atoms with Gasteiger partial charge in [-0.2, -0.15) is 18.3 Å². The summed E-state index contributed by atoms with van der Waals surface area (Å²) in [4.78, 5) is 3.69. The van der Waals surface area contributed by atoms with E-state index in [1.165, 1.54) is 12.3 Å². The average molecular weight is 257 g/mol. The fraction of sp³-hybridized carbons (Fsp3) is 0.100. The van der Waals surface area contributed by atoms with Crippen molar-refractivity contribution in [3.63, 3.8) is 0 Å². The molecule has 3 nitrogen and oxygen atoms in total. The molecule has 0 aliphatic carbocycles. The summed E-state index contributed by atoms with van der Waals surface area (Å²) in [5.74, 6) is 0. The highest BCUT2D eigenvalue weighted by molar-refractivity contribution is 7.71. The minimum Gasteiger partial charge on any atom is -0.268 e. The number of nitrogens with one attached hydrogen (secondary N) is 1. The van der Waals surface area contributed by atoms with E-state index < -0.39 is 11.7 Å². The van der Waals surface area contributed by atoms with E-state index in [1.54, 1.807) is 0 Å². The van der Waals surface area contributed by atoms with E-state index in [-0.39, 0.29) is 15.8 Å². The van der Waals surface area contributed by atoms with Crippen molar-refractivity contribution in [3.8, 4) is 11.1 Å². The van der Waals surface area contributed by atoms with Crippen LogP contribution >= 0.6 is 12.2 Å². The lowest BCUT2D eigenvalue weighted by Gasteiger charge is -2.11. The van der Waals surface area contributed by atoms with Crippen LogP contribution in [0, 0.1) is 4.64 Å². The Kier molecular flexibility index (Phi) is 2.93. The number of pyridine rings is 1. The molecule has 0 unspecified atom stereocenters. The Bertz CT molecular complexity index is 592. The molecule has 0 fully saturated rings. The number of aromatic amines is 1. The number of H-pyrrole nitrogens is 1. The highest BCUT2D eigenvalue weighted by Gasteiger charge is 2.33. The Balaban J connectivity index is 2.64. The summed E-state index contributed by atoms with van der Waals surface area (Å²) in [5, 5.41) is 6.12. The van der Waals surface area contributed by atoms with Crippen LogP contribution < -0.4 is 0 Å². The summed E-state index contributed by atoms with van der Waals surface area (Å²) in [5.41, 5.74) is -0.503. The Morgan fingerprint density at radius 1 is 1.24 bits per heavy atom. The third kappa shape index (κ3) is 2.50. The Labute approximate surface area is 99.3 Å². The van der Waals surface area contributed by atoms with Crippen LogP contribution in [0.1, 0.15) is 5.56 Å². The van der Waals surface area contributed by atoms with Crippen LogP contribution in [0.25, 0.3) is 11.1 Å². The summed E-state index contributed by atoms with van der Waals surface area (Å²) in [6, 6.07) is 2.34. The smallest absolute Gasteiger partial charge is 0.268 e. The average Bonchev–Trinajstić information content (AvgIpc) is 2.28. The van der Waals surface area contributed by atoms with Gasteiger partial charge < -0.3 is 0 Å². The lowest BCUT2D eigenvalue weighted by atomic mass is 10.0. The second-order valence-electron chi connectivity index (χ2n) is 3.25. The molecule has 0 aliphatic heterocycles. The van der Waals surface area contributed by atoms with Gasteiger partial charge in [-0.15, -0.1) is 0 Å².